The Labute approximate surface area is 126 Å². The zero-order chi connectivity index (χ0) is 14.9. The van der Waals surface area contributed by atoms with E-state index in [0.29, 0.717) is 32.8 Å². The van der Waals surface area contributed by atoms with Gasteiger partial charge in [0.2, 0.25) is 0 Å². The maximum Gasteiger partial charge on any atom is 0.282 e. The molecule has 0 atom stereocenters. The van der Waals surface area contributed by atoms with Crippen molar-refractivity contribution in [2.75, 3.05) is 26.3 Å². The van der Waals surface area contributed by atoms with Crippen LogP contribution >= 0.6 is 0 Å². The highest BCUT2D eigenvalue weighted by molar-refractivity contribution is 7.87. The average Bonchev–Trinajstić information content (AvgIpc) is 2.70. The molecular formula is C15H22N2O3S. The molecule has 21 heavy (non-hydrogen) atoms. The summed E-state index contributed by atoms with van der Waals surface area (Å²) in [5.41, 5.74) is 0.730. The van der Waals surface area contributed by atoms with Crippen LogP contribution in [0.25, 0.3) is 0 Å². The largest absolute Gasteiger partial charge is 0.381 e. The Balaban J connectivity index is 1.95. The molecule has 2 aliphatic rings. The predicted octanol–water partition coefficient (Wildman–Crippen LogP) is 1.62. The molecule has 1 aromatic rings. The van der Waals surface area contributed by atoms with Crippen LogP contribution in [0.1, 0.15) is 25.3 Å². The Kier molecular flexibility index (Phi) is 4.05. The van der Waals surface area contributed by atoms with Crippen molar-refractivity contribution in [3.63, 3.8) is 0 Å². The molecular weight excluding hydrogens is 288 g/mol. The maximum atomic E-state index is 12.8. The molecule has 0 N–H and O–H groups in total. The Morgan fingerprint density at radius 3 is 2.48 bits per heavy atom. The van der Waals surface area contributed by atoms with E-state index in [1.54, 1.807) is 8.61 Å². The first-order valence-electron chi connectivity index (χ1n) is 7.48. The number of likely N-dealkylation sites (N-methyl/N-ethyl adjacent to an activating group) is 1. The molecule has 1 spiro atoms. The summed E-state index contributed by atoms with van der Waals surface area (Å²) in [6.45, 7) is 4.73. The van der Waals surface area contributed by atoms with Crippen molar-refractivity contribution in [3.8, 4) is 0 Å². The van der Waals surface area contributed by atoms with Gasteiger partial charge in [-0.15, -0.1) is 0 Å². The SMILES string of the molecule is CCN1CC2(CCOCC2)N(Cc2ccccc2)S1(=O)=O. The highest BCUT2D eigenvalue weighted by Crippen LogP contribution is 2.39. The van der Waals surface area contributed by atoms with Gasteiger partial charge in [-0.25, -0.2) is 0 Å². The molecule has 2 aliphatic heterocycles. The molecule has 0 unspecified atom stereocenters. The zero-order valence-corrected chi connectivity index (χ0v) is 13.2. The van der Waals surface area contributed by atoms with Crippen molar-refractivity contribution in [1.82, 2.24) is 8.61 Å². The minimum atomic E-state index is -3.37. The van der Waals surface area contributed by atoms with Crippen LogP contribution in [0.5, 0.6) is 0 Å². The van der Waals surface area contributed by atoms with Crippen LogP contribution in [0.2, 0.25) is 0 Å². The van der Waals surface area contributed by atoms with Gasteiger partial charge in [-0.05, 0) is 18.4 Å². The first-order chi connectivity index (χ1) is 10.1. The molecule has 0 amide bonds. The van der Waals surface area contributed by atoms with Gasteiger partial charge in [0, 0.05) is 32.8 Å². The van der Waals surface area contributed by atoms with Crippen molar-refractivity contribution in [1.29, 1.82) is 0 Å². The second kappa shape index (κ2) is 5.68. The smallest absolute Gasteiger partial charge is 0.282 e. The molecule has 5 nitrogen and oxygen atoms in total. The van der Waals surface area contributed by atoms with Gasteiger partial charge in [-0.2, -0.15) is 17.0 Å². The van der Waals surface area contributed by atoms with E-state index in [0.717, 1.165) is 18.4 Å². The van der Waals surface area contributed by atoms with Gasteiger partial charge in [0.05, 0.1) is 5.54 Å². The third-order valence-electron chi connectivity index (χ3n) is 4.55. The number of rotatable bonds is 3. The van der Waals surface area contributed by atoms with E-state index in [2.05, 4.69) is 0 Å². The number of hydrogen-bond donors (Lipinski definition) is 0. The molecule has 2 heterocycles. The van der Waals surface area contributed by atoms with Gasteiger partial charge in [0.15, 0.2) is 0 Å². The molecule has 0 aliphatic carbocycles. The standard InChI is InChI=1S/C15H22N2O3S/c1-2-16-13-15(8-10-20-11-9-15)17(21(16,18)19)12-14-6-4-3-5-7-14/h3-7H,2,8-13H2,1H3. The lowest BCUT2D eigenvalue weighted by Gasteiger charge is -2.38. The second-order valence-electron chi connectivity index (χ2n) is 5.76. The fourth-order valence-corrected chi connectivity index (χ4v) is 5.36. The van der Waals surface area contributed by atoms with Crippen LogP contribution in [0.4, 0.5) is 0 Å². The Bertz CT molecular complexity index is 582. The Hall–Kier alpha value is -0.950. The molecule has 0 bridgehead atoms. The minimum Gasteiger partial charge on any atom is -0.381 e. The quantitative estimate of drug-likeness (QED) is 0.852. The summed E-state index contributed by atoms with van der Waals surface area (Å²) in [4.78, 5) is 0. The summed E-state index contributed by atoms with van der Waals surface area (Å²) >= 11 is 0. The van der Waals surface area contributed by atoms with Gasteiger partial charge < -0.3 is 4.74 Å². The Morgan fingerprint density at radius 1 is 1.19 bits per heavy atom. The van der Waals surface area contributed by atoms with Crippen LogP contribution in [0.15, 0.2) is 30.3 Å². The first kappa shape index (κ1) is 15.0. The number of benzene rings is 1. The first-order valence-corrected chi connectivity index (χ1v) is 8.88. The van der Waals surface area contributed by atoms with Gasteiger partial charge in [-0.3, -0.25) is 0 Å². The monoisotopic (exact) mass is 310 g/mol. The molecule has 2 fully saturated rings. The average molecular weight is 310 g/mol. The highest BCUT2D eigenvalue weighted by Gasteiger charge is 2.54. The van der Waals surface area contributed by atoms with E-state index in [9.17, 15) is 8.42 Å². The summed E-state index contributed by atoms with van der Waals surface area (Å²) < 4.78 is 34.4. The summed E-state index contributed by atoms with van der Waals surface area (Å²) in [5.74, 6) is 0. The second-order valence-corrected chi connectivity index (χ2v) is 7.62. The molecule has 6 heteroatoms. The van der Waals surface area contributed by atoms with E-state index in [1.807, 2.05) is 37.3 Å². The molecule has 0 aromatic heterocycles. The lowest BCUT2D eigenvalue weighted by molar-refractivity contribution is 0.00998. The molecule has 0 saturated carbocycles. The maximum absolute atomic E-state index is 12.8. The van der Waals surface area contributed by atoms with Crippen LogP contribution in [-0.4, -0.2) is 48.9 Å². The molecule has 2 saturated heterocycles. The third-order valence-corrected chi connectivity index (χ3v) is 6.66. The van der Waals surface area contributed by atoms with Crippen LogP contribution in [-0.2, 0) is 21.5 Å². The van der Waals surface area contributed by atoms with E-state index in [4.69, 9.17) is 4.74 Å². The number of ether oxygens (including phenoxy) is 1. The lowest BCUT2D eigenvalue weighted by Crippen LogP contribution is -2.50. The van der Waals surface area contributed by atoms with E-state index in [1.165, 1.54) is 0 Å². The van der Waals surface area contributed by atoms with Crippen molar-refractivity contribution in [2.45, 2.75) is 31.8 Å². The fraction of sp³-hybridized carbons (Fsp3) is 0.600. The summed E-state index contributed by atoms with van der Waals surface area (Å²) in [7, 11) is -3.37. The van der Waals surface area contributed by atoms with Crippen molar-refractivity contribution in [3.05, 3.63) is 35.9 Å². The summed E-state index contributed by atoms with van der Waals surface area (Å²) in [6, 6.07) is 9.82. The number of nitrogens with zero attached hydrogens (tertiary/aromatic N) is 2. The van der Waals surface area contributed by atoms with Crippen LogP contribution in [0.3, 0.4) is 0 Å². The Morgan fingerprint density at radius 2 is 1.86 bits per heavy atom. The van der Waals surface area contributed by atoms with Crippen LogP contribution < -0.4 is 0 Å². The van der Waals surface area contributed by atoms with Gasteiger partial charge >= 0.3 is 0 Å². The van der Waals surface area contributed by atoms with Crippen LogP contribution in [0, 0.1) is 0 Å². The highest BCUT2D eigenvalue weighted by atomic mass is 32.2. The van der Waals surface area contributed by atoms with Gasteiger partial charge in [-0.1, -0.05) is 37.3 Å². The normalized spacial score (nSPS) is 25.4. The molecule has 3 rings (SSSR count). The molecule has 0 radical (unpaired) electrons. The van der Waals surface area contributed by atoms with E-state index >= 15 is 0 Å². The van der Waals surface area contributed by atoms with Crippen molar-refractivity contribution >= 4 is 10.2 Å². The van der Waals surface area contributed by atoms with Gasteiger partial charge in [0.1, 0.15) is 0 Å². The zero-order valence-electron chi connectivity index (χ0n) is 12.4. The third kappa shape index (κ3) is 2.61. The molecule has 116 valence electrons. The summed E-state index contributed by atoms with van der Waals surface area (Å²) in [6.07, 6.45) is 1.55. The van der Waals surface area contributed by atoms with Crippen molar-refractivity contribution < 1.29 is 13.2 Å². The van der Waals surface area contributed by atoms with E-state index < -0.39 is 10.2 Å². The van der Waals surface area contributed by atoms with Gasteiger partial charge in [0.25, 0.3) is 10.2 Å². The summed E-state index contributed by atoms with van der Waals surface area (Å²) in [5, 5.41) is 0. The fourth-order valence-electron chi connectivity index (χ4n) is 3.31. The predicted molar refractivity (Wildman–Crippen MR) is 80.9 cm³/mol. The number of hydrogen-bond acceptors (Lipinski definition) is 3. The van der Waals surface area contributed by atoms with Crippen molar-refractivity contribution in [2.24, 2.45) is 0 Å². The lowest BCUT2D eigenvalue weighted by atomic mass is 9.89. The minimum absolute atomic E-state index is 0.303. The topological polar surface area (TPSA) is 49.9 Å². The molecule has 1 aromatic carbocycles. The van der Waals surface area contributed by atoms with E-state index in [-0.39, 0.29) is 5.54 Å².